The second-order valence-electron chi connectivity index (χ2n) is 19.8. The number of unbranched alkanes of at least 4 members (excludes halogenated alkanes) is 3. The van der Waals surface area contributed by atoms with Crippen LogP contribution in [-0.4, -0.2) is 20.5 Å². The van der Waals surface area contributed by atoms with Crippen LogP contribution in [-0.2, 0) is 67.4 Å². The second kappa shape index (κ2) is 44.1. The van der Waals surface area contributed by atoms with Gasteiger partial charge in [0.2, 0.25) is 0 Å². The third kappa shape index (κ3) is 24.2. The van der Waals surface area contributed by atoms with Gasteiger partial charge in [0.1, 0.15) is 0 Å². The first-order valence-electron chi connectivity index (χ1n) is 29.9. The van der Waals surface area contributed by atoms with Gasteiger partial charge in [-0.15, -0.1) is 138 Å². The van der Waals surface area contributed by atoms with Crippen LogP contribution in [0.15, 0.2) is 243 Å². The molecule has 12 aromatic carbocycles. The molecule has 0 fully saturated rings. The summed E-state index contributed by atoms with van der Waals surface area (Å²) in [6.07, 6.45) is 9.01. The Morgan fingerprint density at radius 1 is 0.314 bits per heavy atom. The molecule has 12 rings (SSSR count). The van der Waals surface area contributed by atoms with E-state index in [-0.39, 0.29) is 0 Å². The second-order valence-corrected chi connectivity index (χ2v) is 28.7. The van der Waals surface area contributed by atoms with E-state index in [1.165, 1.54) is 123 Å². The molecular formula is C78H82Cl4Si2Zr2-6. The molecule has 0 amide bonds. The summed E-state index contributed by atoms with van der Waals surface area (Å²) in [5.74, 6) is 0. The maximum absolute atomic E-state index is 4.93. The van der Waals surface area contributed by atoms with E-state index in [9.17, 15) is 0 Å². The number of hydrogen-bond donors (Lipinski definition) is 0. The number of halogens is 4. The van der Waals surface area contributed by atoms with E-state index in [2.05, 4.69) is 305 Å². The number of rotatable bonds is 11. The molecule has 0 atom stereocenters. The molecule has 0 nitrogen and oxygen atoms in total. The van der Waals surface area contributed by atoms with Gasteiger partial charge in [0.25, 0.3) is 0 Å². The molecule has 0 N–H and O–H groups in total. The van der Waals surface area contributed by atoms with E-state index in [1.807, 2.05) is 13.8 Å². The van der Waals surface area contributed by atoms with Crippen LogP contribution < -0.4 is 0 Å². The van der Waals surface area contributed by atoms with Crippen LogP contribution in [0.4, 0.5) is 0 Å². The Hall–Kier alpha value is -4.44. The van der Waals surface area contributed by atoms with Crippen LogP contribution in [0.25, 0.3) is 87.6 Å². The van der Waals surface area contributed by atoms with E-state index in [1.54, 1.807) is 0 Å². The zero-order chi connectivity index (χ0) is 62.3. The molecule has 86 heavy (non-hydrogen) atoms. The fourth-order valence-corrected chi connectivity index (χ4v) is 9.84. The minimum atomic E-state index is -0.826. The molecule has 8 heteroatoms. The molecular weight excluding hydrogens is 1320 g/mol. The summed E-state index contributed by atoms with van der Waals surface area (Å²) in [6.45, 7) is 20.3. The predicted octanol–water partition coefficient (Wildman–Crippen LogP) is 25.3. The van der Waals surface area contributed by atoms with Crippen LogP contribution in [0.2, 0.25) is 12.1 Å². The molecule has 0 bridgehead atoms. The van der Waals surface area contributed by atoms with Gasteiger partial charge in [0.15, 0.2) is 0 Å². The quantitative estimate of drug-likeness (QED) is 0.0688. The van der Waals surface area contributed by atoms with Crippen molar-refractivity contribution in [3.8, 4) is 44.5 Å². The van der Waals surface area contributed by atoms with Gasteiger partial charge in [0.05, 0.1) is 0 Å². The summed E-state index contributed by atoms with van der Waals surface area (Å²) >= 11 is -1.65. The molecule has 0 aliphatic heterocycles. The average Bonchev–Trinajstić information content (AvgIpc) is 2.93. The molecule has 12 aromatic rings. The average molecular weight is 1400 g/mol. The molecule has 6 radical (unpaired) electrons. The Morgan fingerprint density at radius 3 is 0.663 bits per heavy atom. The Balaban J connectivity index is 0.000000224. The zero-order valence-electron chi connectivity index (χ0n) is 51.1. The number of benzene rings is 8. The first-order chi connectivity index (χ1) is 42.1. The standard InChI is InChI=1S/4C17H15.C6H12.2C2H5Si.4ClH.2Zr/c4*1-2-13-11-15-9-6-10-16(17(15)12-13)14-7-4-3-5-8-14;1-3-5-6-4-2;2*1-2-3;;;;;;/h4*3-12H,2H2,1H3;1-6H2;2*2H2,1H3;4*1H;;/q4*-1;-2;;;;;;;2*+2/p-4. The number of fused-ring (bicyclic) bond motifs is 4. The zero-order valence-corrected chi connectivity index (χ0v) is 61.0. The topological polar surface area (TPSA) is 0 Å². The molecule has 444 valence electrons. The maximum atomic E-state index is 4.93. The fraction of sp³-hybridized carbons (Fsp3) is 0.205. The van der Waals surface area contributed by atoms with Crippen molar-refractivity contribution >= 4 is 97.6 Å². The predicted molar refractivity (Wildman–Crippen MR) is 382 cm³/mol. The SMILES string of the molecule is CC[Si].CC[Si].CCc1cc2c(-c3ccccc3)cccc2[cH-]1.CCc1cc2c(-c3ccccc3)cccc2[cH-]1.CCc1cc2c(-c3ccccc3)cccc2[cH-]1.CCc1cc2c(-c3ccccc3)cccc2[cH-]1.[CH2-]CCCC[CH2-].[Cl][Zr][Cl].[Cl][Zr][Cl]. The third-order valence-corrected chi connectivity index (χ3v) is 14.0. The molecule has 0 aromatic heterocycles. The van der Waals surface area contributed by atoms with Crippen LogP contribution >= 0.6 is 34.1 Å². The Morgan fingerprint density at radius 2 is 0.500 bits per heavy atom. The normalized spacial score (nSPS) is 9.98. The van der Waals surface area contributed by atoms with Crippen LogP contribution in [0.1, 0.15) is 89.5 Å². The summed E-state index contributed by atoms with van der Waals surface area (Å²) in [7, 11) is 26.1. The van der Waals surface area contributed by atoms with Gasteiger partial charge in [-0.1, -0.05) is 234 Å². The molecule has 0 saturated carbocycles. The monoisotopic (exact) mass is 1390 g/mol. The fourth-order valence-electron chi connectivity index (χ4n) is 9.84. The number of aryl methyl sites for hydroxylation is 4. The summed E-state index contributed by atoms with van der Waals surface area (Å²) in [4.78, 5) is 0. The molecule has 0 heterocycles. The Bertz CT molecular complexity index is 3180. The molecule has 0 unspecified atom stereocenters. The van der Waals surface area contributed by atoms with Crippen molar-refractivity contribution in [1.29, 1.82) is 0 Å². The molecule has 0 saturated heterocycles. The van der Waals surface area contributed by atoms with Gasteiger partial charge in [-0.3, -0.25) is 0 Å². The van der Waals surface area contributed by atoms with Crippen LogP contribution in [0.5, 0.6) is 0 Å². The van der Waals surface area contributed by atoms with E-state index in [0.29, 0.717) is 0 Å². The van der Waals surface area contributed by atoms with Crippen molar-refractivity contribution in [3.63, 3.8) is 0 Å². The Kier molecular flexibility index (Phi) is 37.9. The van der Waals surface area contributed by atoms with E-state index >= 15 is 0 Å². The molecule has 0 spiro atoms. The first kappa shape index (κ1) is 74.0. The summed E-state index contributed by atoms with van der Waals surface area (Å²) < 4.78 is 0. The van der Waals surface area contributed by atoms with E-state index in [0.717, 1.165) is 50.6 Å². The van der Waals surface area contributed by atoms with E-state index in [4.69, 9.17) is 34.1 Å². The molecule has 0 aliphatic carbocycles. The van der Waals surface area contributed by atoms with Gasteiger partial charge in [-0.2, -0.15) is 37.1 Å². The van der Waals surface area contributed by atoms with Crippen molar-refractivity contribution in [3.05, 3.63) is 279 Å². The molecule has 0 aliphatic rings. The van der Waals surface area contributed by atoms with Crippen molar-refractivity contribution in [1.82, 2.24) is 0 Å². The Labute approximate surface area is 561 Å². The minimum absolute atomic E-state index is 0.826. The van der Waals surface area contributed by atoms with Crippen molar-refractivity contribution in [2.24, 2.45) is 0 Å². The summed E-state index contributed by atoms with van der Waals surface area (Å²) in [6, 6.07) is 89.1. The van der Waals surface area contributed by atoms with E-state index < -0.39 is 41.7 Å². The van der Waals surface area contributed by atoms with Crippen molar-refractivity contribution in [2.45, 2.75) is 105 Å². The van der Waals surface area contributed by atoms with Crippen LogP contribution in [0, 0.1) is 13.8 Å². The van der Waals surface area contributed by atoms with Gasteiger partial charge in [0, 0.05) is 20.5 Å². The summed E-state index contributed by atoms with van der Waals surface area (Å²) in [5, 5.41) is 10.9. The first-order valence-corrected chi connectivity index (χ1v) is 43.9. The third-order valence-electron chi connectivity index (χ3n) is 14.0. The van der Waals surface area contributed by atoms with Gasteiger partial charge >= 0.3 is 75.7 Å². The van der Waals surface area contributed by atoms with Crippen LogP contribution in [0.3, 0.4) is 0 Å². The number of hydrogen-bond acceptors (Lipinski definition) is 0. The van der Waals surface area contributed by atoms with Crippen molar-refractivity contribution in [2.75, 3.05) is 0 Å². The summed E-state index contributed by atoms with van der Waals surface area (Å²) in [5.41, 5.74) is 16.2. The van der Waals surface area contributed by atoms with Crippen molar-refractivity contribution < 1.29 is 41.7 Å². The van der Waals surface area contributed by atoms with Gasteiger partial charge in [-0.25, -0.2) is 0 Å². The van der Waals surface area contributed by atoms with Gasteiger partial charge in [-0.05, 0) is 47.9 Å². The van der Waals surface area contributed by atoms with Gasteiger partial charge < -0.3 is 13.8 Å².